The average Bonchev–Trinajstić information content (AvgIpc) is 2.55. The normalized spacial score (nSPS) is 11.4. The van der Waals surface area contributed by atoms with Crippen LogP contribution in [0.3, 0.4) is 0 Å². The molecule has 0 bridgehead atoms. The molecule has 0 radical (unpaired) electrons. The molecular weight excluding hydrogens is 278 g/mol. The van der Waals surface area contributed by atoms with Gasteiger partial charge in [0.2, 0.25) is 0 Å². The number of amides is 1. The quantitative estimate of drug-likeness (QED) is 0.858. The second-order valence-electron chi connectivity index (χ2n) is 5.50. The van der Waals surface area contributed by atoms with Crippen LogP contribution in [0.5, 0.6) is 0 Å². The van der Waals surface area contributed by atoms with Crippen LogP contribution >= 0.6 is 0 Å². The fourth-order valence-electron chi connectivity index (χ4n) is 2.65. The summed E-state index contributed by atoms with van der Waals surface area (Å²) in [4.78, 5) is 23.9. The Balaban J connectivity index is 2.23. The highest BCUT2D eigenvalue weighted by molar-refractivity contribution is 6.07. The maximum absolute atomic E-state index is 12.5. The minimum Gasteiger partial charge on any atom is -0.481 e. The van der Waals surface area contributed by atoms with Crippen LogP contribution in [-0.2, 0) is 4.79 Å². The monoisotopic (exact) mass is 299 g/mol. The van der Waals surface area contributed by atoms with E-state index in [2.05, 4.69) is 5.32 Å². The molecule has 0 atom stereocenters. The zero-order valence-corrected chi connectivity index (χ0v) is 12.9. The molecule has 0 saturated heterocycles. The first-order chi connectivity index (χ1) is 10.5. The van der Waals surface area contributed by atoms with Gasteiger partial charge in [0.25, 0.3) is 5.91 Å². The van der Waals surface area contributed by atoms with Crippen LogP contribution in [0.25, 0.3) is 10.8 Å². The van der Waals surface area contributed by atoms with Crippen LogP contribution in [0.1, 0.15) is 37.0 Å². The van der Waals surface area contributed by atoms with Crippen molar-refractivity contribution in [2.75, 3.05) is 6.54 Å². The highest BCUT2D eigenvalue weighted by Crippen LogP contribution is 2.26. The van der Waals surface area contributed by atoms with Gasteiger partial charge in [0, 0.05) is 12.1 Å². The molecule has 2 aromatic carbocycles. The molecule has 2 aromatic rings. The molecule has 0 fully saturated rings. The van der Waals surface area contributed by atoms with E-state index in [1.807, 2.05) is 50.2 Å². The molecule has 0 aliphatic heterocycles. The van der Waals surface area contributed by atoms with Crippen molar-refractivity contribution in [1.82, 2.24) is 5.32 Å². The third kappa shape index (κ3) is 2.96. The third-order valence-corrected chi connectivity index (χ3v) is 4.43. The number of rotatable bonds is 6. The lowest BCUT2D eigenvalue weighted by Crippen LogP contribution is -2.42. The number of carbonyl (C=O) groups excluding carboxylic acids is 1. The van der Waals surface area contributed by atoms with Crippen molar-refractivity contribution in [3.8, 4) is 0 Å². The van der Waals surface area contributed by atoms with E-state index in [1.165, 1.54) is 0 Å². The SMILES string of the molecule is CCC(CC)(CNC(=O)c1cccc2ccccc12)C(=O)O. The van der Waals surface area contributed by atoms with Crippen molar-refractivity contribution in [2.24, 2.45) is 5.41 Å². The van der Waals surface area contributed by atoms with Crippen molar-refractivity contribution in [1.29, 1.82) is 0 Å². The number of fused-ring (bicyclic) bond motifs is 1. The predicted molar refractivity (Wildman–Crippen MR) is 86.9 cm³/mol. The summed E-state index contributed by atoms with van der Waals surface area (Å²) in [7, 11) is 0. The van der Waals surface area contributed by atoms with Gasteiger partial charge >= 0.3 is 5.97 Å². The minimum absolute atomic E-state index is 0.136. The zero-order valence-electron chi connectivity index (χ0n) is 12.9. The molecule has 4 heteroatoms. The molecule has 0 spiro atoms. The summed E-state index contributed by atoms with van der Waals surface area (Å²) in [5.74, 6) is -1.10. The van der Waals surface area contributed by atoms with E-state index in [4.69, 9.17) is 0 Å². The van der Waals surface area contributed by atoms with Crippen LogP contribution in [0.15, 0.2) is 42.5 Å². The number of carbonyl (C=O) groups is 2. The highest BCUT2D eigenvalue weighted by atomic mass is 16.4. The van der Waals surface area contributed by atoms with Crippen LogP contribution in [0.4, 0.5) is 0 Å². The van der Waals surface area contributed by atoms with Crippen molar-refractivity contribution < 1.29 is 14.7 Å². The topological polar surface area (TPSA) is 66.4 Å². The highest BCUT2D eigenvalue weighted by Gasteiger charge is 2.35. The van der Waals surface area contributed by atoms with Gasteiger partial charge in [-0.2, -0.15) is 0 Å². The van der Waals surface area contributed by atoms with E-state index < -0.39 is 11.4 Å². The Morgan fingerprint density at radius 1 is 1.05 bits per heavy atom. The van der Waals surface area contributed by atoms with Gasteiger partial charge in [0.15, 0.2) is 0 Å². The Hall–Kier alpha value is -2.36. The Bertz CT molecular complexity index is 684. The first-order valence-corrected chi connectivity index (χ1v) is 7.53. The Kier molecular flexibility index (Phi) is 4.81. The van der Waals surface area contributed by atoms with E-state index >= 15 is 0 Å². The first-order valence-electron chi connectivity index (χ1n) is 7.53. The smallest absolute Gasteiger partial charge is 0.311 e. The molecule has 1 amide bonds. The Labute approximate surface area is 130 Å². The Morgan fingerprint density at radius 3 is 2.32 bits per heavy atom. The lowest BCUT2D eigenvalue weighted by atomic mass is 9.82. The average molecular weight is 299 g/mol. The summed E-state index contributed by atoms with van der Waals surface area (Å²) in [5.41, 5.74) is -0.329. The fraction of sp³-hybridized carbons (Fsp3) is 0.333. The summed E-state index contributed by atoms with van der Waals surface area (Å²) in [6.07, 6.45) is 0.962. The number of hydrogen-bond acceptors (Lipinski definition) is 2. The molecule has 0 aliphatic carbocycles. The van der Waals surface area contributed by atoms with Crippen LogP contribution in [-0.4, -0.2) is 23.5 Å². The number of carboxylic acid groups (broad SMARTS) is 1. The molecule has 0 aliphatic rings. The van der Waals surface area contributed by atoms with Crippen LogP contribution in [0, 0.1) is 5.41 Å². The lowest BCUT2D eigenvalue weighted by Gasteiger charge is -2.26. The molecule has 0 saturated carbocycles. The molecule has 22 heavy (non-hydrogen) atoms. The van der Waals surface area contributed by atoms with Crippen molar-refractivity contribution >= 4 is 22.6 Å². The van der Waals surface area contributed by atoms with Gasteiger partial charge in [-0.15, -0.1) is 0 Å². The summed E-state index contributed by atoms with van der Waals surface area (Å²) in [6.45, 7) is 3.81. The fourth-order valence-corrected chi connectivity index (χ4v) is 2.65. The second kappa shape index (κ2) is 6.60. The van der Waals surface area contributed by atoms with Gasteiger partial charge in [-0.05, 0) is 29.7 Å². The molecule has 0 aromatic heterocycles. The number of aliphatic carboxylic acids is 1. The Morgan fingerprint density at radius 2 is 1.68 bits per heavy atom. The number of benzene rings is 2. The van der Waals surface area contributed by atoms with E-state index in [1.54, 1.807) is 6.07 Å². The molecular formula is C18H21NO3. The number of nitrogens with one attached hydrogen (secondary N) is 1. The van der Waals surface area contributed by atoms with Crippen LogP contribution in [0.2, 0.25) is 0 Å². The van der Waals surface area contributed by atoms with Gasteiger partial charge in [-0.25, -0.2) is 0 Å². The second-order valence-corrected chi connectivity index (χ2v) is 5.50. The molecule has 116 valence electrons. The van der Waals surface area contributed by atoms with Gasteiger partial charge in [-0.1, -0.05) is 50.2 Å². The predicted octanol–water partition coefficient (Wildman–Crippen LogP) is 3.46. The van der Waals surface area contributed by atoms with E-state index in [0.717, 1.165) is 10.8 Å². The van der Waals surface area contributed by atoms with Gasteiger partial charge in [0.05, 0.1) is 5.41 Å². The number of carboxylic acids is 1. The van der Waals surface area contributed by atoms with Crippen molar-refractivity contribution in [3.63, 3.8) is 0 Å². The van der Waals surface area contributed by atoms with E-state index in [9.17, 15) is 14.7 Å². The van der Waals surface area contributed by atoms with Crippen molar-refractivity contribution in [3.05, 3.63) is 48.0 Å². The lowest BCUT2D eigenvalue weighted by molar-refractivity contribution is -0.149. The van der Waals surface area contributed by atoms with Gasteiger partial charge in [0.1, 0.15) is 0 Å². The first kappa shape index (κ1) is 16.0. The molecule has 4 nitrogen and oxygen atoms in total. The maximum atomic E-state index is 12.5. The molecule has 2 N–H and O–H groups in total. The zero-order chi connectivity index (χ0) is 16.2. The number of hydrogen-bond donors (Lipinski definition) is 2. The summed E-state index contributed by atoms with van der Waals surface area (Å²) in [6, 6.07) is 13.2. The van der Waals surface area contributed by atoms with Crippen molar-refractivity contribution in [2.45, 2.75) is 26.7 Å². The van der Waals surface area contributed by atoms with E-state index in [-0.39, 0.29) is 12.5 Å². The summed E-state index contributed by atoms with van der Waals surface area (Å²) >= 11 is 0. The van der Waals surface area contributed by atoms with E-state index in [0.29, 0.717) is 18.4 Å². The minimum atomic E-state index is -0.903. The molecule has 0 heterocycles. The maximum Gasteiger partial charge on any atom is 0.311 e. The molecule has 0 unspecified atom stereocenters. The molecule has 2 rings (SSSR count). The van der Waals surface area contributed by atoms with Gasteiger partial charge < -0.3 is 10.4 Å². The van der Waals surface area contributed by atoms with Crippen LogP contribution < -0.4 is 5.32 Å². The summed E-state index contributed by atoms with van der Waals surface area (Å²) < 4.78 is 0. The summed E-state index contributed by atoms with van der Waals surface area (Å²) in [5, 5.41) is 14.1. The third-order valence-electron chi connectivity index (χ3n) is 4.43. The van der Waals surface area contributed by atoms with Gasteiger partial charge in [-0.3, -0.25) is 9.59 Å². The largest absolute Gasteiger partial charge is 0.481 e. The standard InChI is InChI=1S/C18H21NO3/c1-3-18(4-2,17(21)22)12-19-16(20)15-11-7-9-13-8-5-6-10-14(13)15/h5-11H,3-4,12H2,1-2H3,(H,19,20)(H,21,22).